The summed E-state index contributed by atoms with van der Waals surface area (Å²) >= 11 is 0. The van der Waals surface area contributed by atoms with Crippen LogP contribution in [0.25, 0.3) is 27.9 Å². The van der Waals surface area contributed by atoms with E-state index in [0.717, 1.165) is 55.8 Å². The largest absolute Gasteiger partial charge is 0.345 e. The highest BCUT2D eigenvalue weighted by Crippen LogP contribution is 2.31. The molecule has 0 spiro atoms. The van der Waals surface area contributed by atoms with E-state index in [0.29, 0.717) is 50.4 Å². The molecule has 4 amide bonds. The number of hydrogen-bond donors (Lipinski definition) is 3. The average molecular weight is 752 g/mol. The second-order valence-corrected chi connectivity index (χ2v) is 15.3. The van der Waals surface area contributed by atoms with E-state index in [1.807, 2.05) is 101 Å². The van der Waals surface area contributed by atoms with Crippen molar-refractivity contribution in [2.24, 2.45) is 0 Å². The highest BCUT2D eigenvalue weighted by molar-refractivity contribution is 6.05. The standard InChI is InChI=1S/C42H41N9O5/c1-24-18-27(12-13-28(24)20-43-40(55)37-48-41(56-49-37)42(2,3)4)36-34-19-30(22-51(34)45-23-44-36)25-8-10-26(11-9-25)38(53)46-32-7-5-6-29-21-50(17-16-31(29)32)33-14-15-35(52)47-39(33)54/h5-13,18-19,22-23,33H,14-17,20-21H2,1-4H3,(H,43,55)(H,46,53)(H,47,52,54). The fraction of sp³-hybridized carbons (Fsp3) is 0.286. The van der Waals surface area contributed by atoms with Crippen LogP contribution in [0.2, 0.25) is 0 Å². The topological polar surface area (TPSA) is 177 Å². The van der Waals surface area contributed by atoms with Gasteiger partial charge in [0.1, 0.15) is 6.33 Å². The van der Waals surface area contributed by atoms with E-state index in [9.17, 15) is 19.2 Å². The van der Waals surface area contributed by atoms with Crippen molar-refractivity contribution in [2.75, 3.05) is 11.9 Å². The smallest absolute Gasteiger partial charge is 0.292 e. The molecule has 8 rings (SSSR count). The summed E-state index contributed by atoms with van der Waals surface area (Å²) in [6, 6.07) is 21.0. The van der Waals surface area contributed by atoms with Crippen molar-refractivity contribution in [2.45, 2.75) is 71.5 Å². The monoisotopic (exact) mass is 751 g/mol. The number of aryl methyl sites for hydroxylation is 1. The lowest BCUT2D eigenvalue weighted by molar-refractivity contribution is -0.137. The minimum atomic E-state index is -0.407. The van der Waals surface area contributed by atoms with Gasteiger partial charge in [0.15, 0.2) is 0 Å². The molecule has 0 saturated carbocycles. The van der Waals surface area contributed by atoms with E-state index in [2.05, 4.69) is 41.1 Å². The van der Waals surface area contributed by atoms with E-state index < -0.39 is 5.91 Å². The molecule has 3 N–H and O–H groups in total. The molecule has 2 aliphatic rings. The van der Waals surface area contributed by atoms with Crippen LogP contribution in [0.4, 0.5) is 5.69 Å². The lowest BCUT2D eigenvalue weighted by atomic mass is 9.94. The van der Waals surface area contributed by atoms with E-state index in [-0.39, 0.29) is 35.0 Å². The number of carbonyl (C=O) groups excluding carboxylic acids is 4. The van der Waals surface area contributed by atoms with Gasteiger partial charge in [0.2, 0.25) is 17.7 Å². The molecule has 1 fully saturated rings. The molecule has 3 aromatic heterocycles. The van der Waals surface area contributed by atoms with Crippen molar-refractivity contribution in [1.29, 1.82) is 0 Å². The van der Waals surface area contributed by atoms with E-state index in [1.165, 1.54) is 6.33 Å². The highest BCUT2D eigenvalue weighted by atomic mass is 16.5. The van der Waals surface area contributed by atoms with Gasteiger partial charge in [0.05, 0.1) is 17.3 Å². The van der Waals surface area contributed by atoms with Crippen LogP contribution in [-0.4, -0.2) is 65.9 Å². The number of fused-ring (bicyclic) bond motifs is 2. The third-order valence-corrected chi connectivity index (χ3v) is 10.4. The minimum absolute atomic E-state index is 0.00266. The summed E-state index contributed by atoms with van der Waals surface area (Å²) in [5.74, 6) is -0.674. The molecule has 1 saturated heterocycles. The van der Waals surface area contributed by atoms with Crippen LogP contribution >= 0.6 is 0 Å². The van der Waals surface area contributed by atoms with Crippen molar-refractivity contribution in [1.82, 2.24) is 40.3 Å². The second-order valence-electron chi connectivity index (χ2n) is 15.3. The first-order valence-electron chi connectivity index (χ1n) is 18.6. The van der Waals surface area contributed by atoms with Gasteiger partial charge in [0.25, 0.3) is 17.6 Å². The zero-order valence-corrected chi connectivity index (χ0v) is 31.6. The predicted molar refractivity (Wildman–Crippen MR) is 207 cm³/mol. The Balaban J connectivity index is 0.934. The van der Waals surface area contributed by atoms with Crippen LogP contribution in [0.15, 0.2) is 83.8 Å². The Kier molecular flexibility index (Phi) is 9.50. The lowest BCUT2D eigenvalue weighted by Gasteiger charge is -2.36. The molecule has 0 bridgehead atoms. The Morgan fingerprint density at radius 2 is 1.77 bits per heavy atom. The maximum Gasteiger partial charge on any atom is 0.292 e. The molecule has 56 heavy (non-hydrogen) atoms. The Hall–Kier alpha value is -6.54. The number of nitrogens with zero attached hydrogens (tertiary/aromatic N) is 6. The summed E-state index contributed by atoms with van der Waals surface area (Å²) in [5, 5.41) is 16.7. The maximum atomic E-state index is 13.4. The normalized spacial score (nSPS) is 16.0. The van der Waals surface area contributed by atoms with Crippen LogP contribution in [0, 0.1) is 6.92 Å². The third kappa shape index (κ3) is 7.30. The maximum absolute atomic E-state index is 13.4. The number of nitrogens with one attached hydrogen (secondary N) is 3. The molecule has 0 radical (unpaired) electrons. The number of aromatic nitrogens is 5. The zero-order valence-electron chi connectivity index (χ0n) is 31.6. The Labute approximate surface area is 322 Å². The molecule has 0 aliphatic carbocycles. The molecular formula is C42H41N9O5. The van der Waals surface area contributed by atoms with Gasteiger partial charge in [-0.05, 0) is 77.9 Å². The van der Waals surface area contributed by atoms with Gasteiger partial charge in [-0.2, -0.15) is 10.1 Å². The summed E-state index contributed by atoms with van der Waals surface area (Å²) in [4.78, 5) is 61.2. The van der Waals surface area contributed by atoms with Crippen LogP contribution in [0.5, 0.6) is 0 Å². The molecule has 2 aliphatic heterocycles. The number of imide groups is 1. The van der Waals surface area contributed by atoms with E-state index in [4.69, 9.17) is 4.52 Å². The van der Waals surface area contributed by atoms with Crippen LogP contribution in [0.3, 0.4) is 0 Å². The molecule has 284 valence electrons. The van der Waals surface area contributed by atoms with Crippen LogP contribution < -0.4 is 16.0 Å². The number of carbonyl (C=O) groups is 4. The molecule has 1 atom stereocenters. The number of benzene rings is 3. The van der Waals surface area contributed by atoms with Gasteiger partial charge in [-0.3, -0.25) is 29.4 Å². The van der Waals surface area contributed by atoms with Gasteiger partial charge in [-0.15, -0.1) is 0 Å². The van der Waals surface area contributed by atoms with Gasteiger partial charge >= 0.3 is 0 Å². The van der Waals surface area contributed by atoms with Gasteiger partial charge in [-0.25, -0.2) is 9.50 Å². The fourth-order valence-electron chi connectivity index (χ4n) is 7.28. The molecule has 14 heteroatoms. The molecule has 5 heterocycles. The summed E-state index contributed by atoms with van der Waals surface area (Å²) in [6.07, 6.45) is 4.99. The van der Waals surface area contributed by atoms with Crippen molar-refractivity contribution in [3.63, 3.8) is 0 Å². The molecule has 3 aromatic carbocycles. The first kappa shape index (κ1) is 36.4. The summed E-state index contributed by atoms with van der Waals surface area (Å²) in [6.45, 7) is 9.34. The molecule has 1 unspecified atom stereocenters. The SMILES string of the molecule is Cc1cc(-c2ncnn3cc(-c4ccc(C(=O)Nc5cccc6c5CCN(C5CCC(=O)NC5=O)C6)cc4)cc23)ccc1CNC(=O)c1noc(C(C)(C)C)n1. The van der Waals surface area contributed by atoms with Crippen LogP contribution in [-0.2, 0) is 34.5 Å². The van der Waals surface area contributed by atoms with E-state index in [1.54, 1.807) is 4.52 Å². The minimum Gasteiger partial charge on any atom is -0.345 e. The summed E-state index contributed by atoms with van der Waals surface area (Å²) in [7, 11) is 0. The molecule has 14 nitrogen and oxygen atoms in total. The van der Waals surface area contributed by atoms with Gasteiger partial charge in [-0.1, -0.05) is 62.3 Å². The molecule has 6 aromatic rings. The Morgan fingerprint density at radius 1 is 0.964 bits per heavy atom. The van der Waals surface area contributed by atoms with E-state index >= 15 is 0 Å². The number of piperidine rings is 1. The van der Waals surface area contributed by atoms with Gasteiger partial charge < -0.3 is 15.2 Å². The lowest BCUT2D eigenvalue weighted by Crippen LogP contribution is -2.53. The number of rotatable bonds is 8. The van der Waals surface area contributed by atoms with Gasteiger partial charge in [0, 0.05) is 60.0 Å². The number of hydrogen-bond acceptors (Lipinski definition) is 10. The number of anilines is 1. The zero-order chi connectivity index (χ0) is 39.1. The average Bonchev–Trinajstić information content (AvgIpc) is 3.86. The van der Waals surface area contributed by atoms with Crippen molar-refractivity contribution in [3.8, 4) is 22.4 Å². The predicted octanol–water partition coefficient (Wildman–Crippen LogP) is 5.40. The first-order valence-corrected chi connectivity index (χ1v) is 18.6. The fourth-order valence-corrected chi connectivity index (χ4v) is 7.28. The first-order chi connectivity index (χ1) is 26.9. The number of amides is 4. The summed E-state index contributed by atoms with van der Waals surface area (Å²) < 4.78 is 7.05. The van der Waals surface area contributed by atoms with Crippen molar-refractivity contribution < 1.29 is 23.7 Å². The Morgan fingerprint density at radius 3 is 2.52 bits per heavy atom. The Bertz CT molecular complexity index is 2510. The van der Waals surface area contributed by atoms with Crippen molar-refractivity contribution in [3.05, 3.63) is 119 Å². The summed E-state index contributed by atoms with van der Waals surface area (Å²) in [5.41, 5.74) is 9.29. The second kappa shape index (κ2) is 14.6. The highest BCUT2D eigenvalue weighted by Gasteiger charge is 2.34. The quantitative estimate of drug-likeness (QED) is 0.171. The van der Waals surface area contributed by atoms with Crippen molar-refractivity contribution >= 4 is 34.8 Å². The molecular weight excluding hydrogens is 711 g/mol. The van der Waals surface area contributed by atoms with Crippen LogP contribution in [0.1, 0.15) is 82.7 Å². The third-order valence-electron chi connectivity index (χ3n) is 10.4.